The molecule has 1 amide bonds. The van der Waals surface area contributed by atoms with Gasteiger partial charge in [0.2, 0.25) is 0 Å². The fourth-order valence-corrected chi connectivity index (χ4v) is 3.35. The lowest BCUT2D eigenvalue weighted by Gasteiger charge is -2.39. The van der Waals surface area contributed by atoms with Crippen molar-refractivity contribution in [2.45, 2.75) is 45.4 Å². The molecule has 0 spiro atoms. The number of aliphatic hydroxyl groups excluding tert-OH is 1. The highest BCUT2D eigenvalue weighted by atomic mass is 16.6. The Balaban J connectivity index is 1.45. The number of aliphatic hydroxyl groups is 1. The van der Waals surface area contributed by atoms with Crippen molar-refractivity contribution in [2.75, 3.05) is 32.7 Å². The highest BCUT2D eigenvalue weighted by Gasteiger charge is 2.36. The maximum absolute atomic E-state index is 12.3. The third-order valence-electron chi connectivity index (χ3n) is 4.76. The average Bonchev–Trinajstić information content (AvgIpc) is 3.03. The predicted molar refractivity (Wildman–Crippen MR) is 105 cm³/mol. The minimum atomic E-state index is -0.470. The molecule has 2 aliphatic rings. The van der Waals surface area contributed by atoms with Crippen LogP contribution in [0.5, 0.6) is 0 Å². The monoisotopic (exact) mass is 374 g/mol. The fraction of sp³-hybridized carbons (Fsp3) is 0.600. The van der Waals surface area contributed by atoms with Crippen LogP contribution in [0.1, 0.15) is 31.9 Å². The third-order valence-corrected chi connectivity index (χ3v) is 4.76. The predicted octanol–water partition coefficient (Wildman–Crippen LogP) is 1.60. The van der Waals surface area contributed by atoms with Crippen molar-refractivity contribution >= 4 is 12.1 Å². The summed E-state index contributed by atoms with van der Waals surface area (Å²) in [5.41, 5.74) is 1.69. The van der Waals surface area contributed by atoms with Crippen LogP contribution in [0.4, 0.5) is 4.79 Å². The van der Waals surface area contributed by atoms with E-state index in [-0.39, 0.29) is 18.7 Å². The number of carbonyl (C=O) groups excluding carboxylic acids is 1. The van der Waals surface area contributed by atoms with Crippen LogP contribution < -0.4 is 5.32 Å². The second-order valence-electron chi connectivity index (χ2n) is 8.09. The Hall–Kier alpha value is -2.28. The summed E-state index contributed by atoms with van der Waals surface area (Å²) in [4.78, 5) is 20.9. The summed E-state index contributed by atoms with van der Waals surface area (Å²) < 4.78 is 5.48. The SMILES string of the molecule is CC(C)(C)OC(=O)N1CCN2C(NCCc3ccc(CO)cc3)=NCC2C1. The first kappa shape index (κ1) is 19.5. The van der Waals surface area contributed by atoms with E-state index in [2.05, 4.69) is 15.2 Å². The Kier molecular flexibility index (Phi) is 5.89. The minimum absolute atomic E-state index is 0.0754. The number of aliphatic imine (C=N–C) groups is 1. The molecular formula is C20H30N4O3. The van der Waals surface area contributed by atoms with Gasteiger partial charge in [-0.15, -0.1) is 0 Å². The van der Waals surface area contributed by atoms with Crippen LogP contribution in [0.3, 0.4) is 0 Å². The van der Waals surface area contributed by atoms with Gasteiger partial charge in [-0.2, -0.15) is 0 Å². The molecule has 1 saturated heterocycles. The third kappa shape index (κ3) is 5.13. The molecule has 0 bridgehead atoms. The lowest BCUT2D eigenvalue weighted by molar-refractivity contribution is 0.0137. The van der Waals surface area contributed by atoms with Gasteiger partial charge in [-0.3, -0.25) is 4.99 Å². The van der Waals surface area contributed by atoms with Gasteiger partial charge in [0.05, 0.1) is 19.2 Å². The van der Waals surface area contributed by atoms with Gasteiger partial charge in [-0.05, 0) is 38.3 Å². The molecule has 1 atom stereocenters. The number of nitrogens with one attached hydrogen (secondary N) is 1. The Morgan fingerprint density at radius 2 is 1.96 bits per heavy atom. The number of hydrogen-bond donors (Lipinski definition) is 2. The molecule has 0 aliphatic carbocycles. The summed E-state index contributed by atoms with van der Waals surface area (Å²) in [5.74, 6) is 0.927. The number of ether oxygens (including phenoxy) is 1. The number of benzene rings is 1. The van der Waals surface area contributed by atoms with E-state index in [9.17, 15) is 4.79 Å². The fourth-order valence-electron chi connectivity index (χ4n) is 3.35. The number of fused-ring (bicyclic) bond motifs is 1. The number of nitrogens with zero attached hydrogens (tertiary/aromatic N) is 3. The van der Waals surface area contributed by atoms with Crippen molar-refractivity contribution in [1.82, 2.24) is 15.1 Å². The summed E-state index contributed by atoms with van der Waals surface area (Å²) in [7, 11) is 0. The summed E-state index contributed by atoms with van der Waals surface area (Å²) in [6.45, 7) is 9.30. The molecule has 1 fully saturated rings. The van der Waals surface area contributed by atoms with Crippen molar-refractivity contribution < 1.29 is 14.6 Å². The summed E-state index contributed by atoms with van der Waals surface area (Å²) in [6, 6.07) is 8.22. The Labute approximate surface area is 161 Å². The highest BCUT2D eigenvalue weighted by Crippen LogP contribution is 2.18. The maximum Gasteiger partial charge on any atom is 0.410 e. The number of rotatable bonds is 4. The van der Waals surface area contributed by atoms with Crippen molar-refractivity contribution in [3.05, 3.63) is 35.4 Å². The first-order valence-electron chi connectivity index (χ1n) is 9.57. The lowest BCUT2D eigenvalue weighted by Crippen LogP contribution is -2.57. The van der Waals surface area contributed by atoms with Gasteiger partial charge >= 0.3 is 6.09 Å². The first-order valence-corrected chi connectivity index (χ1v) is 9.57. The zero-order valence-electron chi connectivity index (χ0n) is 16.4. The van der Waals surface area contributed by atoms with Crippen LogP contribution in [0, 0.1) is 0 Å². The van der Waals surface area contributed by atoms with E-state index in [1.165, 1.54) is 5.56 Å². The quantitative estimate of drug-likeness (QED) is 0.837. The Bertz CT molecular complexity index is 681. The van der Waals surface area contributed by atoms with Gasteiger partial charge < -0.3 is 25.0 Å². The molecule has 3 rings (SSSR count). The van der Waals surface area contributed by atoms with Gasteiger partial charge in [0.1, 0.15) is 5.60 Å². The number of hydrogen-bond acceptors (Lipinski definition) is 6. The molecule has 7 heteroatoms. The molecule has 1 unspecified atom stereocenters. The first-order chi connectivity index (χ1) is 12.9. The normalized spacial score (nSPS) is 19.6. The smallest absolute Gasteiger partial charge is 0.410 e. The standard InChI is InChI=1S/C20H30N4O3/c1-20(2,3)27-19(26)23-10-11-24-17(13-23)12-22-18(24)21-9-8-15-4-6-16(14-25)7-5-15/h4-7,17,25H,8-14H2,1-3H3,(H,21,22). The van der Waals surface area contributed by atoms with Crippen LogP contribution in [0.15, 0.2) is 29.3 Å². The van der Waals surface area contributed by atoms with E-state index in [4.69, 9.17) is 9.84 Å². The van der Waals surface area contributed by atoms with E-state index in [0.29, 0.717) is 19.6 Å². The molecule has 2 N–H and O–H groups in total. The summed E-state index contributed by atoms with van der Waals surface area (Å²) >= 11 is 0. The molecule has 0 radical (unpaired) electrons. The van der Waals surface area contributed by atoms with Crippen molar-refractivity contribution in [2.24, 2.45) is 4.99 Å². The zero-order valence-corrected chi connectivity index (χ0v) is 16.4. The number of carbonyl (C=O) groups is 1. The van der Waals surface area contributed by atoms with Crippen molar-refractivity contribution in [1.29, 1.82) is 0 Å². The van der Waals surface area contributed by atoms with E-state index in [1.807, 2.05) is 45.0 Å². The topological polar surface area (TPSA) is 77.4 Å². The van der Waals surface area contributed by atoms with Crippen molar-refractivity contribution in [3.63, 3.8) is 0 Å². The molecule has 1 aromatic rings. The second-order valence-corrected chi connectivity index (χ2v) is 8.09. The van der Waals surface area contributed by atoms with Crippen LogP contribution in [0.25, 0.3) is 0 Å². The molecule has 148 valence electrons. The lowest BCUT2D eigenvalue weighted by atomic mass is 10.1. The average molecular weight is 374 g/mol. The summed E-state index contributed by atoms with van der Waals surface area (Å²) in [6.07, 6.45) is 0.655. The van der Waals surface area contributed by atoms with Crippen LogP contribution in [-0.2, 0) is 17.8 Å². The Morgan fingerprint density at radius 1 is 1.26 bits per heavy atom. The molecule has 27 heavy (non-hydrogen) atoms. The van der Waals surface area contributed by atoms with Gasteiger partial charge in [-0.1, -0.05) is 24.3 Å². The number of guanidine groups is 1. The van der Waals surface area contributed by atoms with Crippen LogP contribution >= 0.6 is 0 Å². The molecule has 0 aromatic heterocycles. The van der Waals surface area contributed by atoms with Crippen molar-refractivity contribution in [3.8, 4) is 0 Å². The molecule has 1 aromatic carbocycles. The molecule has 7 nitrogen and oxygen atoms in total. The zero-order chi connectivity index (χ0) is 19.4. The molecule has 2 heterocycles. The van der Waals surface area contributed by atoms with E-state index in [0.717, 1.165) is 31.0 Å². The number of piperazine rings is 1. The van der Waals surface area contributed by atoms with Gasteiger partial charge in [-0.25, -0.2) is 4.79 Å². The van der Waals surface area contributed by atoms with Gasteiger partial charge in [0, 0.05) is 26.2 Å². The molecular weight excluding hydrogens is 344 g/mol. The van der Waals surface area contributed by atoms with Gasteiger partial charge in [0.15, 0.2) is 5.96 Å². The number of amides is 1. The van der Waals surface area contributed by atoms with Crippen LogP contribution in [-0.4, -0.2) is 71.3 Å². The highest BCUT2D eigenvalue weighted by molar-refractivity contribution is 5.82. The van der Waals surface area contributed by atoms with Gasteiger partial charge in [0.25, 0.3) is 0 Å². The summed E-state index contributed by atoms with van der Waals surface area (Å²) in [5, 5.41) is 12.5. The largest absolute Gasteiger partial charge is 0.444 e. The van der Waals surface area contributed by atoms with E-state index in [1.54, 1.807) is 4.90 Å². The Morgan fingerprint density at radius 3 is 2.63 bits per heavy atom. The maximum atomic E-state index is 12.3. The second kappa shape index (κ2) is 8.17. The minimum Gasteiger partial charge on any atom is -0.444 e. The molecule has 2 aliphatic heterocycles. The molecule has 0 saturated carbocycles. The van der Waals surface area contributed by atoms with Crippen LogP contribution in [0.2, 0.25) is 0 Å². The van der Waals surface area contributed by atoms with E-state index < -0.39 is 5.60 Å². The van der Waals surface area contributed by atoms with E-state index >= 15 is 0 Å².